The van der Waals surface area contributed by atoms with Crippen LogP contribution in [0.5, 0.6) is 11.6 Å². The van der Waals surface area contributed by atoms with Gasteiger partial charge in [-0.3, -0.25) is 0 Å². The summed E-state index contributed by atoms with van der Waals surface area (Å²) in [4.78, 5) is 14.3. The number of hydrogen-bond acceptors (Lipinski definition) is 8. The van der Waals surface area contributed by atoms with E-state index in [1.807, 2.05) is 32.0 Å². The van der Waals surface area contributed by atoms with Gasteiger partial charge in [0.05, 0.1) is 32.3 Å². The lowest BCUT2D eigenvalue weighted by atomic mass is 10.1. The van der Waals surface area contributed by atoms with Gasteiger partial charge in [0.1, 0.15) is 29.3 Å². The minimum absolute atomic E-state index is 0.00150. The van der Waals surface area contributed by atoms with Crippen molar-refractivity contribution in [1.29, 1.82) is 0 Å². The summed E-state index contributed by atoms with van der Waals surface area (Å²) in [6.07, 6.45) is 4.04. The van der Waals surface area contributed by atoms with E-state index in [1.54, 1.807) is 6.20 Å². The van der Waals surface area contributed by atoms with Crippen LogP contribution in [0.1, 0.15) is 24.0 Å². The number of thiazole rings is 1. The molecule has 0 spiro atoms. The number of nitrogens with one attached hydrogen (secondary N) is 1. The zero-order valence-electron chi connectivity index (χ0n) is 21.3. The molecule has 8 nitrogen and oxygen atoms in total. The molecule has 1 saturated carbocycles. The van der Waals surface area contributed by atoms with E-state index in [1.165, 1.54) is 23.5 Å². The number of nitrogens with zero attached hydrogens (tertiary/aromatic N) is 3. The lowest BCUT2D eigenvalue weighted by Crippen LogP contribution is -2.28. The van der Waals surface area contributed by atoms with Crippen LogP contribution in [0, 0.1) is 19.7 Å². The third-order valence-electron chi connectivity index (χ3n) is 6.26. The predicted molar refractivity (Wildman–Crippen MR) is 148 cm³/mol. The van der Waals surface area contributed by atoms with Crippen molar-refractivity contribution in [3.05, 3.63) is 71.7 Å². The molecule has 2 heterocycles. The second-order valence-corrected chi connectivity index (χ2v) is 12.3. The van der Waals surface area contributed by atoms with Crippen LogP contribution in [0.15, 0.2) is 59.6 Å². The third-order valence-corrected chi connectivity index (χ3v) is 8.77. The molecule has 1 aliphatic rings. The van der Waals surface area contributed by atoms with Crippen LogP contribution in [-0.4, -0.2) is 42.6 Å². The van der Waals surface area contributed by atoms with Crippen LogP contribution in [-0.2, 0) is 10.0 Å². The Morgan fingerprint density at radius 3 is 2.62 bits per heavy atom. The summed E-state index contributed by atoms with van der Waals surface area (Å²) in [5.41, 5.74) is 5.32. The average molecular weight is 565 g/mol. The summed E-state index contributed by atoms with van der Waals surface area (Å²) in [7, 11) is -3.75. The number of aryl methyl sites for hydroxylation is 2. The van der Waals surface area contributed by atoms with Gasteiger partial charge in [-0.25, -0.2) is 32.5 Å². The Morgan fingerprint density at radius 2 is 1.85 bits per heavy atom. The van der Waals surface area contributed by atoms with Crippen molar-refractivity contribution in [2.24, 2.45) is 0 Å². The molecule has 1 fully saturated rings. The largest absolute Gasteiger partial charge is 0.492 e. The van der Waals surface area contributed by atoms with Crippen molar-refractivity contribution in [3.63, 3.8) is 0 Å². The fourth-order valence-corrected chi connectivity index (χ4v) is 6.33. The van der Waals surface area contributed by atoms with E-state index in [-0.39, 0.29) is 24.2 Å². The smallest absolute Gasteiger partial charge is 0.240 e. The molecule has 0 radical (unpaired) electrons. The first-order valence-corrected chi connectivity index (χ1v) is 14.8. The maximum Gasteiger partial charge on any atom is 0.240 e. The molecule has 0 amide bonds. The van der Waals surface area contributed by atoms with Crippen LogP contribution in [0.3, 0.4) is 0 Å². The summed E-state index contributed by atoms with van der Waals surface area (Å²) in [5.74, 6) is 0.667. The highest BCUT2D eigenvalue weighted by molar-refractivity contribution is 7.89. The molecular formula is C28H25FN4O4S2. The zero-order valence-corrected chi connectivity index (χ0v) is 22.9. The highest BCUT2D eigenvalue weighted by atomic mass is 32.2. The second-order valence-electron chi connectivity index (χ2n) is 9.51. The molecule has 0 atom stereocenters. The minimum Gasteiger partial charge on any atom is -0.492 e. The van der Waals surface area contributed by atoms with E-state index in [9.17, 15) is 12.8 Å². The molecule has 11 heteroatoms. The molecular weight excluding hydrogens is 539 g/mol. The van der Waals surface area contributed by atoms with Crippen molar-refractivity contribution < 1.29 is 22.3 Å². The van der Waals surface area contributed by atoms with Crippen LogP contribution >= 0.6 is 11.3 Å². The summed E-state index contributed by atoms with van der Waals surface area (Å²) >= 11 is 1.54. The second kappa shape index (κ2) is 10.1. The van der Waals surface area contributed by atoms with Crippen LogP contribution in [0.4, 0.5) is 4.39 Å². The van der Waals surface area contributed by atoms with Gasteiger partial charge in [0.25, 0.3) is 0 Å². The van der Waals surface area contributed by atoms with Crippen LogP contribution < -0.4 is 14.2 Å². The highest BCUT2D eigenvalue weighted by Gasteiger charge is 2.24. The molecule has 5 aromatic rings. The number of benzene rings is 3. The van der Waals surface area contributed by atoms with Gasteiger partial charge in [-0.05, 0) is 86.3 Å². The fourth-order valence-electron chi connectivity index (χ4n) is 4.23. The standard InChI is InChI=1S/C28H25FN4O4S2/c1-16-11-22(27-23(12-16)32-25(15-30-27)37-19-5-6-19)28-33-26-17(2)13-20(14-24(26)38-28)36-10-9-31-39(34,35)21-7-3-18(29)4-8-21/h3-4,7-8,11-15,19,31H,5-6,9-10H2,1-2H3. The van der Waals surface area contributed by atoms with Gasteiger partial charge in [0.15, 0.2) is 0 Å². The predicted octanol–water partition coefficient (Wildman–Crippen LogP) is 5.56. The minimum atomic E-state index is -3.75. The summed E-state index contributed by atoms with van der Waals surface area (Å²) in [6.45, 7) is 4.17. The molecule has 200 valence electrons. The van der Waals surface area contributed by atoms with Crippen molar-refractivity contribution in [2.75, 3.05) is 13.2 Å². The SMILES string of the molecule is Cc1cc(-c2nc3c(C)cc(OCCNS(=O)(=O)c4ccc(F)cc4)cc3s2)c2ncc(OC3CC3)nc2c1. The first kappa shape index (κ1) is 25.6. The molecule has 1 aliphatic carbocycles. The van der Waals surface area contributed by atoms with E-state index in [0.29, 0.717) is 11.6 Å². The van der Waals surface area contributed by atoms with E-state index < -0.39 is 15.8 Å². The number of aromatic nitrogens is 3. The summed E-state index contributed by atoms with van der Waals surface area (Å²) in [6, 6.07) is 12.5. The van der Waals surface area contributed by atoms with Gasteiger partial charge in [-0.2, -0.15) is 0 Å². The van der Waals surface area contributed by atoms with Gasteiger partial charge < -0.3 is 9.47 Å². The number of rotatable bonds is 9. The third kappa shape index (κ3) is 5.56. The maximum atomic E-state index is 13.1. The first-order chi connectivity index (χ1) is 18.7. The Balaban J connectivity index is 1.20. The van der Waals surface area contributed by atoms with Crippen molar-refractivity contribution in [3.8, 4) is 22.2 Å². The Hall–Kier alpha value is -3.67. The molecule has 2 aromatic heterocycles. The molecule has 0 unspecified atom stereocenters. The maximum absolute atomic E-state index is 13.1. The number of ether oxygens (including phenoxy) is 2. The Kier molecular flexibility index (Phi) is 6.66. The Labute approximate surface area is 228 Å². The number of hydrogen-bond donors (Lipinski definition) is 1. The number of halogens is 1. The Morgan fingerprint density at radius 1 is 1.05 bits per heavy atom. The lowest BCUT2D eigenvalue weighted by molar-refractivity contribution is 0.291. The van der Waals surface area contributed by atoms with E-state index in [2.05, 4.69) is 20.8 Å². The summed E-state index contributed by atoms with van der Waals surface area (Å²) in [5, 5.41) is 0.830. The molecule has 3 aromatic carbocycles. The van der Waals surface area contributed by atoms with Crippen LogP contribution in [0.25, 0.3) is 31.8 Å². The highest BCUT2D eigenvalue weighted by Crippen LogP contribution is 2.37. The summed E-state index contributed by atoms with van der Waals surface area (Å²) < 4.78 is 53.0. The van der Waals surface area contributed by atoms with Crippen molar-refractivity contribution >= 4 is 42.6 Å². The van der Waals surface area contributed by atoms with Gasteiger partial charge in [0.2, 0.25) is 15.9 Å². The van der Waals surface area contributed by atoms with Crippen LogP contribution in [0.2, 0.25) is 0 Å². The number of sulfonamides is 1. The lowest BCUT2D eigenvalue weighted by Gasteiger charge is -2.09. The van der Waals surface area contributed by atoms with Gasteiger partial charge >= 0.3 is 0 Å². The van der Waals surface area contributed by atoms with E-state index in [0.717, 1.165) is 67.9 Å². The quantitative estimate of drug-likeness (QED) is 0.234. The molecule has 6 rings (SSSR count). The van der Waals surface area contributed by atoms with Crippen molar-refractivity contribution in [1.82, 2.24) is 19.7 Å². The van der Waals surface area contributed by atoms with Gasteiger partial charge in [0, 0.05) is 12.1 Å². The fraction of sp³-hybridized carbons (Fsp3) is 0.250. The molecule has 39 heavy (non-hydrogen) atoms. The topological polar surface area (TPSA) is 103 Å². The number of fused-ring (bicyclic) bond motifs is 2. The van der Waals surface area contributed by atoms with E-state index in [4.69, 9.17) is 14.5 Å². The average Bonchev–Trinajstić information content (AvgIpc) is 3.60. The van der Waals surface area contributed by atoms with E-state index >= 15 is 0 Å². The molecule has 0 bridgehead atoms. The Bertz CT molecular complexity index is 1800. The monoisotopic (exact) mass is 564 g/mol. The molecule has 0 saturated heterocycles. The molecule has 1 N–H and O–H groups in total. The van der Waals surface area contributed by atoms with Gasteiger partial charge in [-0.1, -0.05) is 0 Å². The van der Waals surface area contributed by atoms with Gasteiger partial charge in [-0.15, -0.1) is 11.3 Å². The first-order valence-electron chi connectivity index (χ1n) is 12.5. The zero-order chi connectivity index (χ0) is 27.1. The molecule has 0 aliphatic heterocycles. The van der Waals surface area contributed by atoms with Crippen molar-refractivity contribution in [2.45, 2.75) is 37.7 Å². The normalized spacial score (nSPS) is 13.7.